The maximum atomic E-state index is 10.2. The maximum absolute atomic E-state index is 10.2. The van der Waals surface area contributed by atoms with Crippen LogP contribution < -0.4 is 15.4 Å². The zero-order chi connectivity index (χ0) is 19.5. The second-order valence-electron chi connectivity index (χ2n) is 7.09. The monoisotopic (exact) mass is 504 g/mol. The molecule has 28 heavy (non-hydrogen) atoms. The molecule has 1 aromatic carbocycles. The zero-order valence-electron chi connectivity index (χ0n) is 17.5. The van der Waals surface area contributed by atoms with Crippen LogP contribution in [0, 0.1) is 0 Å². The van der Waals surface area contributed by atoms with Gasteiger partial charge in [0.05, 0.1) is 7.11 Å². The Labute approximate surface area is 187 Å². The molecule has 160 valence electrons. The van der Waals surface area contributed by atoms with Crippen molar-refractivity contribution in [3.63, 3.8) is 0 Å². The van der Waals surface area contributed by atoms with Crippen LogP contribution in [0.2, 0.25) is 0 Å². The molecule has 0 aromatic heterocycles. The fraction of sp³-hybridized carbons (Fsp3) is 0.667. The van der Waals surface area contributed by atoms with Gasteiger partial charge in [-0.3, -0.25) is 4.99 Å². The number of aromatic hydroxyl groups is 1. The third kappa shape index (κ3) is 8.03. The molecule has 0 unspecified atom stereocenters. The van der Waals surface area contributed by atoms with Gasteiger partial charge in [0.15, 0.2) is 17.5 Å². The largest absolute Gasteiger partial charge is 0.504 e. The standard InChI is InChI=1S/C21H36N4O2.HI/c1-4-6-14-25-15-11-18(12-16-25)24-21(22-5-2)23-13-10-17-8-7-9-19(27-3)20(17)26;/h7-9,18,26H,4-6,10-16H2,1-3H3,(H2,22,23,24);1H. The number of phenols is 1. The molecule has 0 radical (unpaired) electrons. The number of unbranched alkanes of at least 4 members (excludes halogenated alkanes) is 1. The number of guanidine groups is 1. The molecule has 1 aliphatic rings. The predicted octanol–water partition coefficient (Wildman–Crippen LogP) is 3.38. The molecule has 2 rings (SSSR count). The SMILES string of the molecule is CCCCN1CCC(NC(=NCCc2cccc(OC)c2O)NCC)CC1.I. The smallest absolute Gasteiger partial charge is 0.191 e. The molecular formula is C21H37IN4O2. The molecule has 0 atom stereocenters. The highest BCUT2D eigenvalue weighted by Gasteiger charge is 2.19. The van der Waals surface area contributed by atoms with Gasteiger partial charge in [-0.15, -0.1) is 24.0 Å². The number of ether oxygens (including phenoxy) is 1. The first-order valence-electron chi connectivity index (χ1n) is 10.3. The van der Waals surface area contributed by atoms with Crippen molar-refractivity contribution in [1.29, 1.82) is 0 Å². The van der Waals surface area contributed by atoms with E-state index in [1.165, 1.54) is 19.4 Å². The molecule has 1 aromatic rings. The van der Waals surface area contributed by atoms with Crippen LogP contribution >= 0.6 is 24.0 Å². The second-order valence-corrected chi connectivity index (χ2v) is 7.09. The van der Waals surface area contributed by atoms with Gasteiger partial charge in [-0.25, -0.2) is 0 Å². The number of likely N-dealkylation sites (tertiary alicyclic amines) is 1. The van der Waals surface area contributed by atoms with E-state index in [2.05, 4.69) is 29.4 Å². The number of rotatable bonds is 9. The van der Waals surface area contributed by atoms with Gasteiger partial charge >= 0.3 is 0 Å². The van der Waals surface area contributed by atoms with E-state index in [4.69, 9.17) is 9.73 Å². The van der Waals surface area contributed by atoms with E-state index >= 15 is 0 Å². The molecule has 3 N–H and O–H groups in total. The number of hydrogen-bond acceptors (Lipinski definition) is 4. The third-order valence-electron chi connectivity index (χ3n) is 5.05. The Kier molecular flexibility index (Phi) is 12.3. The Balaban J connectivity index is 0.00000392. The number of hydrogen-bond donors (Lipinski definition) is 3. The Bertz CT molecular complexity index is 590. The Hall–Kier alpha value is -1.22. The summed E-state index contributed by atoms with van der Waals surface area (Å²) in [6, 6.07) is 6.05. The first-order valence-corrected chi connectivity index (χ1v) is 10.3. The van der Waals surface area contributed by atoms with Crippen LogP contribution in [0.3, 0.4) is 0 Å². The van der Waals surface area contributed by atoms with Gasteiger partial charge in [-0.2, -0.15) is 0 Å². The van der Waals surface area contributed by atoms with E-state index in [0.29, 0.717) is 24.8 Å². The van der Waals surface area contributed by atoms with E-state index in [1.54, 1.807) is 13.2 Å². The van der Waals surface area contributed by atoms with Gasteiger partial charge in [0, 0.05) is 32.2 Å². The minimum Gasteiger partial charge on any atom is -0.504 e. The summed E-state index contributed by atoms with van der Waals surface area (Å²) in [6.07, 6.45) is 5.54. The highest BCUT2D eigenvalue weighted by molar-refractivity contribution is 14.0. The van der Waals surface area contributed by atoms with E-state index in [1.807, 2.05) is 12.1 Å². The number of nitrogens with zero attached hydrogens (tertiary/aromatic N) is 2. The number of piperidine rings is 1. The summed E-state index contributed by atoms with van der Waals surface area (Å²) in [7, 11) is 1.57. The van der Waals surface area contributed by atoms with E-state index < -0.39 is 0 Å². The van der Waals surface area contributed by atoms with Crippen molar-refractivity contribution in [2.75, 3.05) is 39.8 Å². The van der Waals surface area contributed by atoms with E-state index in [9.17, 15) is 5.11 Å². The van der Waals surface area contributed by atoms with Crippen molar-refractivity contribution in [1.82, 2.24) is 15.5 Å². The van der Waals surface area contributed by atoms with Crippen LogP contribution in [0.25, 0.3) is 0 Å². The van der Waals surface area contributed by atoms with Crippen molar-refractivity contribution in [3.8, 4) is 11.5 Å². The van der Waals surface area contributed by atoms with Gasteiger partial charge < -0.3 is 25.4 Å². The molecular weight excluding hydrogens is 467 g/mol. The van der Waals surface area contributed by atoms with Crippen molar-refractivity contribution < 1.29 is 9.84 Å². The van der Waals surface area contributed by atoms with Gasteiger partial charge in [0.1, 0.15) is 0 Å². The molecule has 1 saturated heterocycles. The van der Waals surface area contributed by atoms with Crippen molar-refractivity contribution >= 4 is 29.9 Å². The van der Waals surface area contributed by atoms with Crippen LogP contribution in [0.4, 0.5) is 0 Å². The van der Waals surface area contributed by atoms with Crippen LogP contribution in [-0.4, -0.2) is 61.8 Å². The molecule has 7 heteroatoms. The van der Waals surface area contributed by atoms with Crippen LogP contribution in [0.1, 0.15) is 45.1 Å². The average molecular weight is 504 g/mol. The number of para-hydroxylation sites is 1. The minimum absolute atomic E-state index is 0. The Morgan fingerprint density at radius 2 is 2.04 bits per heavy atom. The van der Waals surface area contributed by atoms with E-state index in [0.717, 1.165) is 44.0 Å². The number of aliphatic imine (C=N–C) groups is 1. The number of nitrogens with one attached hydrogen (secondary N) is 2. The molecule has 6 nitrogen and oxygen atoms in total. The third-order valence-corrected chi connectivity index (χ3v) is 5.05. The molecule has 0 amide bonds. The van der Waals surface area contributed by atoms with Crippen molar-refractivity contribution in [2.24, 2.45) is 4.99 Å². The lowest BCUT2D eigenvalue weighted by Crippen LogP contribution is -2.48. The van der Waals surface area contributed by atoms with Crippen LogP contribution in [0.5, 0.6) is 11.5 Å². The molecule has 1 heterocycles. The molecule has 0 saturated carbocycles. The summed E-state index contributed by atoms with van der Waals surface area (Å²) in [4.78, 5) is 7.26. The summed E-state index contributed by atoms with van der Waals surface area (Å²) in [5, 5.41) is 17.1. The van der Waals surface area contributed by atoms with Gasteiger partial charge in [0.2, 0.25) is 0 Å². The summed E-state index contributed by atoms with van der Waals surface area (Å²) in [5.74, 6) is 1.59. The summed E-state index contributed by atoms with van der Waals surface area (Å²) < 4.78 is 5.17. The Morgan fingerprint density at radius 1 is 1.29 bits per heavy atom. The summed E-state index contributed by atoms with van der Waals surface area (Å²) in [6.45, 7) is 9.33. The fourth-order valence-corrected chi connectivity index (χ4v) is 3.42. The molecule has 0 bridgehead atoms. The van der Waals surface area contributed by atoms with Crippen LogP contribution in [0.15, 0.2) is 23.2 Å². The molecule has 1 aliphatic heterocycles. The second kappa shape index (κ2) is 13.9. The summed E-state index contributed by atoms with van der Waals surface area (Å²) >= 11 is 0. The topological polar surface area (TPSA) is 69.1 Å². The lowest BCUT2D eigenvalue weighted by Gasteiger charge is -2.33. The minimum atomic E-state index is 0. The fourth-order valence-electron chi connectivity index (χ4n) is 3.42. The van der Waals surface area contributed by atoms with Crippen molar-refractivity contribution in [2.45, 2.75) is 52.0 Å². The highest BCUT2D eigenvalue weighted by Crippen LogP contribution is 2.29. The number of benzene rings is 1. The van der Waals surface area contributed by atoms with Crippen LogP contribution in [-0.2, 0) is 6.42 Å². The first kappa shape index (κ1) is 24.8. The molecule has 0 aliphatic carbocycles. The first-order chi connectivity index (χ1) is 13.2. The maximum Gasteiger partial charge on any atom is 0.191 e. The van der Waals surface area contributed by atoms with Gasteiger partial charge in [0.25, 0.3) is 0 Å². The van der Waals surface area contributed by atoms with Gasteiger partial charge in [-0.1, -0.05) is 25.5 Å². The lowest BCUT2D eigenvalue weighted by atomic mass is 10.0. The number of phenolic OH excluding ortho intramolecular Hbond substituents is 1. The molecule has 0 spiro atoms. The van der Waals surface area contributed by atoms with Gasteiger partial charge in [-0.05, 0) is 50.8 Å². The number of halogens is 1. The summed E-state index contributed by atoms with van der Waals surface area (Å²) in [5.41, 5.74) is 0.859. The highest BCUT2D eigenvalue weighted by atomic mass is 127. The van der Waals surface area contributed by atoms with E-state index in [-0.39, 0.29) is 29.7 Å². The normalized spacial score (nSPS) is 15.8. The number of methoxy groups -OCH3 is 1. The van der Waals surface area contributed by atoms with Crippen molar-refractivity contribution in [3.05, 3.63) is 23.8 Å². The zero-order valence-corrected chi connectivity index (χ0v) is 19.9. The predicted molar refractivity (Wildman–Crippen MR) is 127 cm³/mol. The quantitative estimate of drug-likeness (QED) is 0.273. The Morgan fingerprint density at radius 3 is 2.68 bits per heavy atom. The average Bonchev–Trinajstić information content (AvgIpc) is 2.69. The molecule has 1 fully saturated rings. The lowest BCUT2D eigenvalue weighted by molar-refractivity contribution is 0.203.